The molecule has 0 radical (unpaired) electrons. The van der Waals surface area contributed by atoms with Gasteiger partial charge in [0.15, 0.2) is 12.3 Å². The highest BCUT2D eigenvalue weighted by atomic mass is 32.2. The molecule has 0 saturated heterocycles. The van der Waals surface area contributed by atoms with Gasteiger partial charge in [0.05, 0.1) is 11.3 Å². The maximum atomic E-state index is 11.7. The fourth-order valence-electron chi connectivity index (χ4n) is 1.42. The second-order valence-corrected chi connectivity index (χ2v) is 4.96. The Balaban J connectivity index is 1.97. The molecule has 102 valence electrons. The van der Waals surface area contributed by atoms with E-state index in [-0.39, 0.29) is 17.5 Å². The Labute approximate surface area is 119 Å². The van der Waals surface area contributed by atoms with Crippen LogP contribution >= 0.6 is 11.8 Å². The molecule has 0 bridgehead atoms. The molecule has 0 saturated carbocycles. The van der Waals surface area contributed by atoms with Gasteiger partial charge in [-0.05, 0) is 19.1 Å². The molecule has 20 heavy (non-hydrogen) atoms. The summed E-state index contributed by atoms with van der Waals surface area (Å²) in [5, 5.41) is 15.7. The number of aromatic nitrogens is 3. The third-order valence-corrected chi connectivity index (χ3v) is 3.29. The Morgan fingerprint density at radius 1 is 1.60 bits per heavy atom. The Hall–Kier alpha value is -2.40. The van der Waals surface area contributed by atoms with E-state index in [1.165, 1.54) is 16.4 Å². The minimum absolute atomic E-state index is 0.134. The van der Waals surface area contributed by atoms with Crippen LogP contribution in [0.2, 0.25) is 0 Å². The molecule has 2 heterocycles. The van der Waals surface area contributed by atoms with Gasteiger partial charge in [0.1, 0.15) is 11.1 Å². The van der Waals surface area contributed by atoms with Gasteiger partial charge in [-0.3, -0.25) is 14.6 Å². The highest BCUT2D eigenvalue weighted by Gasteiger charge is 2.13. The predicted octanol–water partition coefficient (Wildman–Crippen LogP) is 0.805. The van der Waals surface area contributed by atoms with Gasteiger partial charge < -0.3 is 0 Å². The Morgan fingerprint density at radius 2 is 2.40 bits per heavy atom. The second kappa shape index (κ2) is 6.16. The van der Waals surface area contributed by atoms with Crippen LogP contribution in [0.1, 0.15) is 11.3 Å². The van der Waals surface area contributed by atoms with Crippen molar-refractivity contribution in [2.24, 2.45) is 7.05 Å². The second-order valence-electron chi connectivity index (χ2n) is 3.99. The van der Waals surface area contributed by atoms with E-state index >= 15 is 0 Å². The fraction of sp³-hybridized carbons (Fsp3) is 0.250. The van der Waals surface area contributed by atoms with E-state index in [9.17, 15) is 4.79 Å². The van der Waals surface area contributed by atoms with Gasteiger partial charge in [0, 0.05) is 5.69 Å². The van der Waals surface area contributed by atoms with E-state index < -0.39 is 0 Å². The predicted molar refractivity (Wildman–Crippen MR) is 70.7 cm³/mol. The number of carbonyl (C=O) groups is 1. The van der Waals surface area contributed by atoms with Crippen molar-refractivity contribution in [3.8, 4) is 6.07 Å². The molecule has 0 aromatic carbocycles. The van der Waals surface area contributed by atoms with E-state index in [0.717, 1.165) is 5.69 Å². The molecule has 2 rings (SSSR count). The number of nitrogens with zero attached hydrogens (tertiary/aromatic N) is 4. The lowest BCUT2D eigenvalue weighted by molar-refractivity contribution is -0.739. The van der Waals surface area contributed by atoms with Gasteiger partial charge in [0.25, 0.3) is 6.20 Å². The largest absolute Gasteiger partial charge is 0.302 e. The summed E-state index contributed by atoms with van der Waals surface area (Å²) in [6.45, 7) is 1.83. The molecule has 0 unspecified atom stereocenters. The van der Waals surface area contributed by atoms with Crippen LogP contribution in [0.4, 0.5) is 5.88 Å². The molecule has 0 aliphatic carbocycles. The van der Waals surface area contributed by atoms with Crippen molar-refractivity contribution >= 4 is 23.6 Å². The highest BCUT2D eigenvalue weighted by molar-refractivity contribution is 8.00. The van der Waals surface area contributed by atoms with E-state index in [1.54, 1.807) is 25.4 Å². The standard InChI is InChI=1S/C12H11N5O2S/c1-8-3-4-9(5-13)12(14-8)20-7-10(18)15-11-6-17(2)16-19-11/h3-4,6H,7H2,1-2H3/p+1. The number of aryl methyl sites for hydroxylation is 2. The van der Waals surface area contributed by atoms with E-state index in [1.807, 2.05) is 6.92 Å². The number of nitrogens with one attached hydrogen (secondary N) is 1. The molecule has 0 aliphatic heterocycles. The zero-order chi connectivity index (χ0) is 14.5. The summed E-state index contributed by atoms with van der Waals surface area (Å²) < 4.78 is 6.30. The molecular formula is C12H12N5O2S+. The Kier molecular flexibility index (Phi) is 4.32. The quantitative estimate of drug-likeness (QED) is 0.661. The van der Waals surface area contributed by atoms with Gasteiger partial charge in [-0.15, -0.1) is 0 Å². The molecule has 0 atom stereocenters. The first-order valence-corrected chi connectivity index (χ1v) is 6.70. The van der Waals surface area contributed by atoms with Crippen LogP contribution in [0.25, 0.3) is 0 Å². The van der Waals surface area contributed by atoms with E-state index in [2.05, 4.69) is 21.6 Å². The number of nitriles is 1. The topological polar surface area (TPSA) is 95.7 Å². The normalized spacial score (nSPS) is 10.1. The summed E-state index contributed by atoms with van der Waals surface area (Å²) in [6, 6.07) is 5.51. The van der Waals surface area contributed by atoms with E-state index in [4.69, 9.17) is 9.78 Å². The molecule has 0 aliphatic rings. The van der Waals surface area contributed by atoms with Crippen molar-refractivity contribution in [2.45, 2.75) is 11.9 Å². The maximum Gasteiger partial charge on any atom is 0.302 e. The highest BCUT2D eigenvalue weighted by Crippen LogP contribution is 2.20. The zero-order valence-electron chi connectivity index (χ0n) is 11.0. The number of rotatable bonds is 4. The van der Waals surface area contributed by atoms with Crippen LogP contribution in [-0.4, -0.2) is 21.9 Å². The minimum Gasteiger partial charge on any atom is -0.288 e. The first-order chi connectivity index (χ1) is 9.58. The number of hydrogen-bond donors (Lipinski definition) is 1. The van der Waals surface area contributed by atoms with Crippen molar-refractivity contribution in [3.63, 3.8) is 0 Å². The summed E-state index contributed by atoms with van der Waals surface area (Å²) in [7, 11) is 1.68. The first-order valence-electron chi connectivity index (χ1n) is 5.71. The maximum absolute atomic E-state index is 11.7. The molecule has 0 spiro atoms. The van der Waals surface area contributed by atoms with E-state index in [0.29, 0.717) is 10.6 Å². The third-order valence-electron chi connectivity index (χ3n) is 2.29. The number of carbonyl (C=O) groups excluding carboxylic acids is 1. The average Bonchev–Trinajstić information content (AvgIpc) is 2.82. The van der Waals surface area contributed by atoms with Crippen LogP contribution in [0.5, 0.6) is 0 Å². The lowest BCUT2D eigenvalue weighted by atomic mass is 10.3. The lowest BCUT2D eigenvalue weighted by Crippen LogP contribution is -2.28. The van der Waals surface area contributed by atoms with Gasteiger partial charge in [-0.1, -0.05) is 16.4 Å². The summed E-state index contributed by atoms with van der Waals surface area (Å²) in [6.07, 6.45) is 1.55. The van der Waals surface area contributed by atoms with Crippen molar-refractivity contribution < 1.29 is 14.0 Å². The SMILES string of the molecule is Cc1ccc(C#N)c(SCC(=O)Nc2c[n+](C)no2)n1. The Morgan fingerprint density at radius 3 is 3.05 bits per heavy atom. The van der Waals surface area contributed by atoms with Crippen LogP contribution in [-0.2, 0) is 11.8 Å². The number of thioether (sulfide) groups is 1. The van der Waals surface area contributed by atoms with Crippen molar-refractivity contribution in [3.05, 3.63) is 29.6 Å². The van der Waals surface area contributed by atoms with Crippen molar-refractivity contribution in [1.82, 2.24) is 10.3 Å². The smallest absolute Gasteiger partial charge is 0.288 e. The number of hydrogen-bond acceptors (Lipinski definition) is 6. The molecule has 0 fully saturated rings. The summed E-state index contributed by atoms with van der Waals surface area (Å²) in [4.78, 5) is 16.0. The van der Waals surface area contributed by atoms with Crippen LogP contribution < -0.4 is 10.00 Å². The molecule has 7 nitrogen and oxygen atoms in total. The zero-order valence-corrected chi connectivity index (χ0v) is 11.8. The fourth-order valence-corrected chi connectivity index (χ4v) is 2.23. The van der Waals surface area contributed by atoms with Crippen LogP contribution in [0.15, 0.2) is 27.9 Å². The van der Waals surface area contributed by atoms with Gasteiger partial charge in [0.2, 0.25) is 5.91 Å². The molecular weight excluding hydrogens is 278 g/mol. The van der Waals surface area contributed by atoms with Gasteiger partial charge >= 0.3 is 5.88 Å². The monoisotopic (exact) mass is 290 g/mol. The third kappa shape index (κ3) is 3.55. The molecule has 2 aromatic rings. The molecule has 1 amide bonds. The van der Waals surface area contributed by atoms with Crippen molar-refractivity contribution in [2.75, 3.05) is 11.1 Å². The summed E-state index contributed by atoms with van der Waals surface area (Å²) >= 11 is 1.21. The minimum atomic E-state index is -0.251. The lowest BCUT2D eigenvalue weighted by Gasteiger charge is -2.03. The van der Waals surface area contributed by atoms with Crippen LogP contribution in [0, 0.1) is 18.3 Å². The van der Waals surface area contributed by atoms with Crippen LogP contribution in [0.3, 0.4) is 0 Å². The summed E-state index contributed by atoms with van der Waals surface area (Å²) in [5.74, 6) is 0.157. The molecule has 2 aromatic heterocycles. The average molecular weight is 290 g/mol. The van der Waals surface area contributed by atoms with Gasteiger partial charge in [-0.25, -0.2) is 4.98 Å². The molecule has 1 N–H and O–H groups in total. The number of anilines is 1. The first kappa shape index (κ1) is 14.0. The number of pyridine rings is 1. The number of amides is 1. The van der Waals surface area contributed by atoms with Gasteiger partial charge in [-0.2, -0.15) is 5.26 Å². The van der Waals surface area contributed by atoms with Crippen molar-refractivity contribution in [1.29, 1.82) is 5.26 Å². The summed E-state index contributed by atoms with van der Waals surface area (Å²) in [5.41, 5.74) is 1.26. The Bertz CT molecular complexity index is 677. The molecule has 8 heteroatoms.